The minimum Gasteiger partial charge on any atom is -0.330 e. The first kappa shape index (κ1) is 11.4. The second-order valence-corrected chi connectivity index (χ2v) is 4.77. The molecule has 3 nitrogen and oxygen atoms in total. The van der Waals surface area contributed by atoms with Gasteiger partial charge in [-0.2, -0.15) is 5.10 Å². The van der Waals surface area contributed by atoms with Crippen LogP contribution in [0.25, 0.3) is 5.69 Å². The van der Waals surface area contributed by atoms with Crippen molar-refractivity contribution in [1.29, 1.82) is 0 Å². The van der Waals surface area contributed by atoms with Crippen molar-refractivity contribution in [2.75, 3.05) is 6.54 Å². The van der Waals surface area contributed by atoms with Crippen molar-refractivity contribution in [1.82, 2.24) is 9.78 Å². The second kappa shape index (κ2) is 4.53. The molecule has 2 N–H and O–H groups in total. The average Bonchev–Trinajstić information content (AvgIpc) is 2.83. The Morgan fingerprint density at radius 1 is 1.33 bits per heavy atom. The van der Waals surface area contributed by atoms with Gasteiger partial charge in [0, 0.05) is 12.5 Å². The van der Waals surface area contributed by atoms with Gasteiger partial charge in [0.05, 0.1) is 17.6 Å². The van der Waals surface area contributed by atoms with E-state index in [0.29, 0.717) is 12.5 Å². The van der Waals surface area contributed by atoms with Crippen LogP contribution in [0.4, 0.5) is 4.39 Å². The SMILES string of the molecule is NCC1CCCc2cnn(-c3ccc(F)cc3)c21. The van der Waals surface area contributed by atoms with E-state index in [2.05, 4.69) is 5.10 Å². The molecule has 1 aliphatic carbocycles. The summed E-state index contributed by atoms with van der Waals surface area (Å²) in [6.07, 6.45) is 5.26. The van der Waals surface area contributed by atoms with Crippen LogP contribution in [-0.2, 0) is 6.42 Å². The zero-order valence-corrected chi connectivity index (χ0v) is 10.1. The standard InChI is InChI=1S/C14H16FN3/c15-12-4-6-13(7-5-12)18-14-10(8-16)2-1-3-11(14)9-17-18/h4-7,9-10H,1-3,8,16H2. The predicted octanol–water partition coefficient (Wildman–Crippen LogP) is 2.39. The molecule has 1 atom stereocenters. The zero-order chi connectivity index (χ0) is 12.5. The van der Waals surface area contributed by atoms with Gasteiger partial charge in [-0.15, -0.1) is 0 Å². The highest BCUT2D eigenvalue weighted by molar-refractivity contribution is 5.37. The van der Waals surface area contributed by atoms with Crippen molar-refractivity contribution in [2.24, 2.45) is 5.73 Å². The van der Waals surface area contributed by atoms with Crippen molar-refractivity contribution in [2.45, 2.75) is 25.2 Å². The fraction of sp³-hybridized carbons (Fsp3) is 0.357. The maximum absolute atomic E-state index is 13.0. The minimum absolute atomic E-state index is 0.227. The predicted molar refractivity (Wildman–Crippen MR) is 68.3 cm³/mol. The molecule has 0 bridgehead atoms. The Morgan fingerprint density at radius 3 is 2.83 bits per heavy atom. The van der Waals surface area contributed by atoms with Crippen molar-refractivity contribution >= 4 is 0 Å². The van der Waals surface area contributed by atoms with Gasteiger partial charge >= 0.3 is 0 Å². The lowest BCUT2D eigenvalue weighted by Gasteiger charge is -2.23. The lowest BCUT2D eigenvalue weighted by molar-refractivity contribution is 0.534. The van der Waals surface area contributed by atoms with E-state index in [1.807, 2.05) is 10.9 Å². The summed E-state index contributed by atoms with van der Waals surface area (Å²) in [5, 5.41) is 4.43. The number of halogens is 1. The van der Waals surface area contributed by atoms with Gasteiger partial charge in [0.1, 0.15) is 5.82 Å². The Hall–Kier alpha value is -1.68. The molecule has 4 heteroatoms. The van der Waals surface area contributed by atoms with Crippen molar-refractivity contribution < 1.29 is 4.39 Å². The molecular weight excluding hydrogens is 229 g/mol. The van der Waals surface area contributed by atoms with Crippen molar-refractivity contribution in [3.8, 4) is 5.69 Å². The number of hydrogen-bond acceptors (Lipinski definition) is 2. The first-order valence-corrected chi connectivity index (χ1v) is 6.32. The van der Waals surface area contributed by atoms with Gasteiger partial charge in [0.2, 0.25) is 0 Å². The molecule has 0 aliphatic heterocycles. The van der Waals surface area contributed by atoms with Crippen LogP contribution in [0.2, 0.25) is 0 Å². The molecule has 0 spiro atoms. The number of aromatic nitrogens is 2. The highest BCUT2D eigenvalue weighted by Gasteiger charge is 2.24. The molecular formula is C14H16FN3. The Bertz CT molecular complexity index is 545. The number of nitrogens with two attached hydrogens (primary N) is 1. The fourth-order valence-corrected chi connectivity index (χ4v) is 2.71. The number of aryl methyl sites for hydroxylation is 1. The van der Waals surface area contributed by atoms with Gasteiger partial charge < -0.3 is 5.73 Å². The molecule has 0 amide bonds. The molecule has 0 radical (unpaired) electrons. The number of benzene rings is 1. The zero-order valence-electron chi connectivity index (χ0n) is 10.1. The Kier molecular flexibility index (Phi) is 2.88. The molecule has 94 valence electrons. The normalized spacial score (nSPS) is 18.7. The summed E-state index contributed by atoms with van der Waals surface area (Å²) < 4.78 is 14.9. The quantitative estimate of drug-likeness (QED) is 0.882. The number of fused-ring (bicyclic) bond motifs is 1. The van der Waals surface area contributed by atoms with E-state index in [9.17, 15) is 4.39 Å². The number of rotatable bonds is 2. The molecule has 0 fully saturated rings. The molecule has 3 rings (SSSR count). The number of nitrogens with zero attached hydrogens (tertiary/aromatic N) is 2. The minimum atomic E-state index is -0.227. The molecule has 1 unspecified atom stereocenters. The molecule has 0 saturated heterocycles. The van der Waals surface area contributed by atoms with Crippen molar-refractivity contribution in [3.05, 3.63) is 47.5 Å². The first-order chi connectivity index (χ1) is 8.79. The Labute approximate surface area is 105 Å². The second-order valence-electron chi connectivity index (χ2n) is 4.77. The summed E-state index contributed by atoms with van der Waals surface area (Å²) in [5.74, 6) is 0.136. The third kappa shape index (κ3) is 1.82. The van der Waals surface area contributed by atoms with E-state index in [-0.39, 0.29) is 5.82 Å². The van der Waals surface area contributed by atoms with E-state index in [4.69, 9.17) is 5.73 Å². The van der Waals surface area contributed by atoms with Crippen LogP contribution in [0.3, 0.4) is 0 Å². The van der Waals surface area contributed by atoms with E-state index in [1.54, 1.807) is 12.1 Å². The summed E-state index contributed by atoms with van der Waals surface area (Å²) >= 11 is 0. The Morgan fingerprint density at radius 2 is 2.11 bits per heavy atom. The molecule has 1 aromatic carbocycles. The lowest BCUT2D eigenvalue weighted by atomic mass is 9.88. The fourth-order valence-electron chi connectivity index (χ4n) is 2.71. The van der Waals surface area contributed by atoms with Gasteiger partial charge in [-0.05, 0) is 49.1 Å². The van der Waals surface area contributed by atoms with Gasteiger partial charge in [0.25, 0.3) is 0 Å². The van der Waals surface area contributed by atoms with Crippen LogP contribution in [0, 0.1) is 5.82 Å². The van der Waals surface area contributed by atoms with Gasteiger partial charge in [-0.3, -0.25) is 0 Å². The molecule has 2 aromatic rings. The van der Waals surface area contributed by atoms with Crippen LogP contribution >= 0.6 is 0 Å². The monoisotopic (exact) mass is 245 g/mol. The average molecular weight is 245 g/mol. The van der Waals surface area contributed by atoms with Crippen LogP contribution < -0.4 is 5.73 Å². The summed E-state index contributed by atoms with van der Waals surface area (Å²) in [7, 11) is 0. The maximum atomic E-state index is 13.0. The molecule has 0 saturated carbocycles. The molecule has 1 aromatic heterocycles. The lowest BCUT2D eigenvalue weighted by Crippen LogP contribution is -2.20. The highest BCUT2D eigenvalue weighted by atomic mass is 19.1. The summed E-state index contributed by atoms with van der Waals surface area (Å²) in [4.78, 5) is 0. The van der Waals surface area contributed by atoms with Gasteiger partial charge in [0.15, 0.2) is 0 Å². The van der Waals surface area contributed by atoms with Gasteiger partial charge in [-0.25, -0.2) is 9.07 Å². The van der Waals surface area contributed by atoms with Crippen LogP contribution in [-0.4, -0.2) is 16.3 Å². The van der Waals surface area contributed by atoms with Gasteiger partial charge in [-0.1, -0.05) is 0 Å². The summed E-state index contributed by atoms with van der Waals surface area (Å²) in [6, 6.07) is 6.43. The topological polar surface area (TPSA) is 43.8 Å². The molecule has 18 heavy (non-hydrogen) atoms. The number of hydrogen-bond donors (Lipinski definition) is 1. The van der Waals surface area contributed by atoms with E-state index >= 15 is 0 Å². The third-order valence-electron chi connectivity index (χ3n) is 3.63. The maximum Gasteiger partial charge on any atom is 0.123 e. The summed E-state index contributed by atoms with van der Waals surface area (Å²) in [6.45, 7) is 0.639. The molecule has 1 aliphatic rings. The highest BCUT2D eigenvalue weighted by Crippen LogP contribution is 2.32. The van der Waals surface area contributed by atoms with E-state index in [1.165, 1.54) is 29.8 Å². The van der Waals surface area contributed by atoms with Crippen LogP contribution in [0.5, 0.6) is 0 Å². The van der Waals surface area contributed by atoms with Crippen LogP contribution in [0.1, 0.15) is 30.0 Å². The summed E-state index contributed by atoms with van der Waals surface area (Å²) in [5.41, 5.74) is 9.23. The van der Waals surface area contributed by atoms with E-state index in [0.717, 1.165) is 18.5 Å². The smallest absolute Gasteiger partial charge is 0.123 e. The van der Waals surface area contributed by atoms with Crippen molar-refractivity contribution in [3.63, 3.8) is 0 Å². The largest absolute Gasteiger partial charge is 0.330 e. The van der Waals surface area contributed by atoms with E-state index < -0.39 is 0 Å². The molecule has 1 heterocycles. The Balaban J connectivity index is 2.08. The third-order valence-corrected chi connectivity index (χ3v) is 3.63. The first-order valence-electron chi connectivity index (χ1n) is 6.32. The van der Waals surface area contributed by atoms with Crippen LogP contribution in [0.15, 0.2) is 30.5 Å².